The third-order valence-corrected chi connectivity index (χ3v) is 6.15. The number of likely N-dealkylation sites (tertiary alicyclic amines) is 1. The number of hydrogen-bond acceptors (Lipinski definition) is 6. The van der Waals surface area contributed by atoms with Crippen LogP contribution >= 0.6 is 23.4 Å². The van der Waals surface area contributed by atoms with Crippen LogP contribution in [0, 0.1) is 17.2 Å². The highest BCUT2D eigenvalue weighted by molar-refractivity contribution is 7.98. The standard InChI is InChI=1S/C22H22ClN5O3S/c1-32-21-17(3-2-8-25-21)22(31)28-9-6-14(7-10-28)13-26-19(29)20(30)27-18-11-16(23)5-4-15(18)12-24/h2-5,8,11,14H,6-7,9-10,13H2,1H3,(H,26,29)(H,27,30). The van der Waals surface area contributed by atoms with Gasteiger partial charge in [-0.05, 0) is 55.3 Å². The number of halogens is 1. The minimum atomic E-state index is -0.863. The number of anilines is 1. The van der Waals surface area contributed by atoms with Gasteiger partial charge in [-0.3, -0.25) is 14.4 Å². The number of hydrogen-bond donors (Lipinski definition) is 2. The van der Waals surface area contributed by atoms with Crippen LogP contribution in [0.3, 0.4) is 0 Å². The lowest BCUT2D eigenvalue weighted by molar-refractivity contribution is -0.136. The number of rotatable bonds is 5. The first-order chi connectivity index (χ1) is 15.4. The lowest BCUT2D eigenvalue weighted by Crippen LogP contribution is -2.43. The molecule has 0 saturated carbocycles. The molecular formula is C22H22ClN5O3S. The van der Waals surface area contributed by atoms with Crippen LogP contribution in [0.2, 0.25) is 5.02 Å². The number of amides is 3. The van der Waals surface area contributed by atoms with Gasteiger partial charge in [-0.15, -0.1) is 11.8 Å². The van der Waals surface area contributed by atoms with Crippen molar-refractivity contribution in [1.29, 1.82) is 5.26 Å². The van der Waals surface area contributed by atoms with Crippen molar-refractivity contribution in [2.24, 2.45) is 5.92 Å². The van der Waals surface area contributed by atoms with Crippen molar-refractivity contribution in [3.63, 3.8) is 0 Å². The van der Waals surface area contributed by atoms with Crippen LogP contribution < -0.4 is 10.6 Å². The Kier molecular flexibility index (Phi) is 8.09. The predicted octanol–water partition coefficient (Wildman–Crippen LogP) is 2.94. The second-order valence-electron chi connectivity index (χ2n) is 7.26. The lowest BCUT2D eigenvalue weighted by Gasteiger charge is -2.32. The van der Waals surface area contributed by atoms with E-state index in [-0.39, 0.29) is 23.1 Å². The molecule has 3 rings (SSSR count). The highest BCUT2D eigenvalue weighted by Gasteiger charge is 2.26. The molecule has 2 heterocycles. The van der Waals surface area contributed by atoms with E-state index >= 15 is 0 Å². The fourth-order valence-corrected chi connectivity index (χ4v) is 4.15. The molecule has 1 fully saturated rings. The molecular weight excluding hydrogens is 450 g/mol. The van der Waals surface area contributed by atoms with Crippen LogP contribution in [0.15, 0.2) is 41.6 Å². The third-order valence-electron chi connectivity index (χ3n) is 5.20. The Labute approximate surface area is 195 Å². The summed E-state index contributed by atoms with van der Waals surface area (Å²) in [7, 11) is 0. The molecule has 0 radical (unpaired) electrons. The van der Waals surface area contributed by atoms with Crippen LogP contribution in [0.25, 0.3) is 0 Å². The van der Waals surface area contributed by atoms with Gasteiger partial charge in [-0.1, -0.05) is 11.6 Å². The van der Waals surface area contributed by atoms with Gasteiger partial charge in [-0.2, -0.15) is 5.26 Å². The van der Waals surface area contributed by atoms with Crippen molar-refractivity contribution in [1.82, 2.24) is 15.2 Å². The Morgan fingerprint density at radius 1 is 1.25 bits per heavy atom. The topological polar surface area (TPSA) is 115 Å². The Morgan fingerprint density at radius 3 is 2.69 bits per heavy atom. The number of carbonyl (C=O) groups excluding carboxylic acids is 3. The van der Waals surface area contributed by atoms with E-state index in [9.17, 15) is 14.4 Å². The van der Waals surface area contributed by atoms with Crippen molar-refractivity contribution in [2.75, 3.05) is 31.2 Å². The number of nitriles is 1. The van der Waals surface area contributed by atoms with Crippen molar-refractivity contribution in [3.05, 3.63) is 52.7 Å². The van der Waals surface area contributed by atoms with Crippen LogP contribution in [0.4, 0.5) is 5.69 Å². The molecule has 0 spiro atoms. The van der Waals surface area contributed by atoms with Crippen molar-refractivity contribution < 1.29 is 14.4 Å². The Hall–Kier alpha value is -3.09. The minimum absolute atomic E-state index is 0.0425. The summed E-state index contributed by atoms with van der Waals surface area (Å²) in [6, 6.07) is 9.90. The molecule has 1 aromatic heterocycles. The van der Waals surface area contributed by atoms with Crippen LogP contribution in [0.1, 0.15) is 28.8 Å². The maximum atomic E-state index is 12.8. The Balaban J connectivity index is 1.48. The van der Waals surface area contributed by atoms with Crippen LogP contribution in [0.5, 0.6) is 0 Å². The Morgan fingerprint density at radius 2 is 2.00 bits per heavy atom. The van der Waals surface area contributed by atoms with Gasteiger partial charge in [0.1, 0.15) is 11.1 Å². The SMILES string of the molecule is CSc1ncccc1C(=O)N1CCC(CNC(=O)C(=O)Nc2cc(Cl)ccc2C#N)CC1. The molecule has 1 aliphatic rings. The maximum Gasteiger partial charge on any atom is 0.313 e. The zero-order valence-corrected chi connectivity index (χ0v) is 19.0. The van der Waals surface area contributed by atoms with E-state index in [1.807, 2.05) is 12.3 Å². The molecule has 1 aliphatic heterocycles. The summed E-state index contributed by atoms with van der Waals surface area (Å²) in [4.78, 5) is 43.2. The molecule has 0 unspecified atom stereocenters. The van der Waals surface area contributed by atoms with Crippen molar-refractivity contribution in [3.8, 4) is 6.07 Å². The molecule has 2 aromatic rings. The number of thioether (sulfide) groups is 1. The van der Waals surface area contributed by atoms with Crippen molar-refractivity contribution in [2.45, 2.75) is 17.9 Å². The summed E-state index contributed by atoms with van der Waals surface area (Å²) in [5, 5.41) is 15.2. The van der Waals surface area contributed by atoms with Crippen LogP contribution in [-0.2, 0) is 9.59 Å². The fourth-order valence-electron chi connectivity index (χ4n) is 3.44. The smallest absolute Gasteiger partial charge is 0.313 e. The van der Waals surface area contributed by atoms with Gasteiger partial charge in [0, 0.05) is 30.9 Å². The third kappa shape index (κ3) is 5.78. The number of nitrogens with one attached hydrogen (secondary N) is 2. The molecule has 0 atom stereocenters. The van der Waals surface area contributed by atoms with Gasteiger partial charge < -0.3 is 15.5 Å². The molecule has 1 saturated heterocycles. The second kappa shape index (κ2) is 11.0. The van der Waals surface area contributed by atoms with E-state index < -0.39 is 11.8 Å². The zero-order chi connectivity index (χ0) is 23.1. The molecule has 166 valence electrons. The average Bonchev–Trinajstić information content (AvgIpc) is 2.82. The first-order valence-corrected chi connectivity index (χ1v) is 11.6. The maximum absolute atomic E-state index is 12.8. The van der Waals surface area contributed by atoms with Gasteiger partial charge in [0.2, 0.25) is 0 Å². The van der Waals surface area contributed by atoms with E-state index in [1.165, 1.54) is 30.0 Å². The minimum Gasteiger partial charge on any atom is -0.348 e. The van der Waals surface area contributed by atoms with E-state index in [2.05, 4.69) is 15.6 Å². The largest absolute Gasteiger partial charge is 0.348 e. The van der Waals surface area contributed by atoms with E-state index in [0.717, 1.165) is 12.8 Å². The fraction of sp³-hybridized carbons (Fsp3) is 0.318. The summed E-state index contributed by atoms with van der Waals surface area (Å²) in [6.45, 7) is 1.47. The number of nitrogens with zero attached hydrogens (tertiary/aromatic N) is 3. The van der Waals surface area contributed by atoms with E-state index in [0.29, 0.717) is 35.2 Å². The molecule has 8 nitrogen and oxygen atoms in total. The predicted molar refractivity (Wildman–Crippen MR) is 122 cm³/mol. The Bertz CT molecular complexity index is 1060. The average molecular weight is 472 g/mol. The molecule has 32 heavy (non-hydrogen) atoms. The van der Waals surface area contributed by atoms with E-state index in [4.69, 9.17) is 16.9 Å². The summed E-state index contributed by atoms with van der Waals surface area (Å²) < 4.78 is 0. The normalized spacial score (nSPS) is 13.8. The van der Waals surface area contributed by atoms with Gasteiger partial charge in [0.25, 0.3) is 5.91 Å². The molecule has 10 heteroatoms. The highest BCUT2D eigenvalue weighted by Crippen LogP contribution is 2.23. The first kappa shape index (κ1) is 23.6. The molecule has 0 bridgehead atoms. The summed E-state index contributed by atoms with van der Waals surface area (Å²) in [5.41, 5.74) is 0.999. The van der Waals surface area contributed by atoms with Gasteiger partial charge >= 0.3 is 11.8 Å². The highest BCUT2D eigenvalue weighted by atomic mass is 35.5. The summed E-state index contributed by atoms with van der Waals surface area (Å²) >= 11 is 7.33. The number of aromatic nitrogens is 1. The quantitative estimate of drug-likeness (QED) is 0.511. The molecule has 2 N–H and O–H groups in total. The van der Waals surface area contributed by atoms with Gasteiger partial charge in [-0.25, -0.2) is 4.98 Å². The number of benzene rings is 1. The molecule has 0 aliphatic carbocycles. The number of piperidine rings is 1. The summed E-state index contributed by atoms with van der Waals surface area (Å²) in [6.07, 6.45) is 4.99. The molecule has 1 aromatic carbocycles. The lowest BCUT2D eigenvalue weighted by atomic mass is 9.96. The van der Waals surface area contributed by atoms with Crippen LogP contribution in [-0.4, -0.2) is 53.5 Å². The number of pyridine rings is 1. The van der Waals surface area contributed by atoms with Gasteiger partial charge in [0.15, 0.2) is 0 Å². The number of carbonyl (C=O) groups is 3. The van der Waals surface area contributed by atoms with E-state index in [1.54, 1.807) is 23.2 Å². The second-order valence-corrected chi connectivity index (χ2v) is 8.49. The van der Waals surface area contributed by atoms with Crippen molar-refractivity contribution >= 4 is 46.8 Å². The first-order valence-electron chi connectivity index (χ1n) is 10.00. The monoisotopic (exact) mass is 471 g/mol. The molecule has 3 amide bonds. The van der Waals surface area contributed by atoms with Gasteiger partial charge in [0.05, 0.1) is 16.8 Å². The summed E-state index contributed by atoms with van der Waals surface area (Å²) in [5.74, 6) is -1.53. The zero-order valence-electron chi connectivity index (χ0n) is 17.4.